The highest BCUT2D eigenvalue weighted by Crippen LogP contribution is 2.37. The van der Waals surface area contributed by atoms with Gasteiger partial charge in [0.25, 0.3) is 6.23 Å². The highest BCUT2D eigenvalue weighted by Gasteiger charge is 2.46. The maximum atomic E-state index is 13.7. The average molecular weight is 385 g/mol. The number of esters is 1. The molecule has 1 aliphatic rings. The molecule has 0 bridgehead atoms. The van der Waals surface area contributed by atoms with Crippen LogP contribution >= 0.6 is 11.3 Å². The summed E-state index contributed by atoms with van der Waals surface area (Å²) >= 11 is 1.33. The third kappa shape index (κ3) is 5.00. The Labute approximate surface area is 160 Å². The van der Waals surface area contributed by atoms with E-state index in [2.05, 4.69) is 22.0 Å². The largest absolute Gasteiger partial charge is 0.622 e. The number of hydroxylamine groups is 2. The van der Waals surface area contributed by atoms with Gasteiger partial charge in [-0.25, -0.2) is 4.90 Å². The van der Waals surface area contributed by atoms with E-state index in [4.69, 9.17) is 4.74 Å². The lowest BCUT2D eigenvalue weighted by Gasteiger charge is -2.38. The lowest BCUT2D eigenvalue weighted by Crippen LogP contribution is -2.50. The Hall–Kier alpha value is -1.09. The summed E-state index contributed by atoms with van der Waals surface area (Å²) < 4.78 is 4.87. The van der Waals surface area contributed by atoms with Crippen LogP contribution in [0.2, 0.25) is 0 Å². The molecule has 0 saturated carbocycles. The van der Waals surface area contributed by atoms with E-state index in [1.54, 1.807) is 0 Å². The number of carbonyl (C=O) groups excluding carboxylic acids is 1. The number of quaternary nitrogens is 1. The van der Waals surface area contributed by atoms with Crippen molar-refractivity contribution >= 4 is 22.4 Å². The molecule has 0 radical (unpaired) electrons. The van der Waals surface area contributed by atoms with Crippen LogP contribution in [0.25, 0.3) is 0 Å². The summed E-state index contributed by atoms with van der Waals surface area (Å²) in [5.74, 6) is -0.298. The summed E-state index contributed by atoms with van der Waals surface area (Å²) in [7, 11) is 0. The van der Waals surface area contributed by atoms with E-state index in [0.717, 1.165) is 37.2 Å². The standard InChI is InChI=1S/C18H32N4O3S/c1-6-8-10-15(23)25-14-12-21(11-9-7-2)13-22(14,24)17-20-19-16(26-17)18(3,4)5/h14H,6-13H2,1-5H3. The second-order valence-corrected chi connectivity index (χ2v) is 9.01. The summed E-state index contributed by atoms with van der Waals surface area (Å²) in [5, 5.41) is 23.3. The third-order valence-electron chi connectivity index (χ3n) is 4.50. The van der Waals surface area contributed by atoms with Crippen molar-refractivity contribution in [3.05, 3.63) is 10.2 Å². The van der Waals surface area contributed by atoms with Gasteiger partial charge < -0.3 is 9.94 Å². The Balaban J connectivity index is 2.21. The van der Waals surface area contributed by atoms with Crippen molar-refractivity contribution in [1.82, 2.24) is 19.7 Å². The fraction of sp³-hybridized carbons (Fsp3) is 0.833. The van der Waals surface area contributed by atoms with Gasteiger partial charge in [-0.05, 0) is 24.2 Å². The van der Waals surface area contributed by atoms with Gasteiger partial charge in [0.15, 0.2) is 0 Å². The molecule has 1 aliphatic heterocycles. The summed E-state index contributed by atoms with van der Waals surface area (Å²) in [6, 6.07) is 0. The number of aromatic nitrogens is 2. The van der Waals surface area contributed by atoms with Gasteiger partial charge in [-0.15, -0.1) is 5.10 Å². The quantitative estimate of drug-likeness (QED) is 0.386. The van der Waals surface area contributed by atoms with Gasteiger partial charge in [0.05, 0.1) is 6.54 Å². The van der Waals surface area contributed by atoms with Crippen molar-refractivity contribution in [2.24, 2.45) is 0 Å². The molecule has 0 spiro atoms. The first kappa shape index (κ1) is 21.2. The first-order chi connectivity index (χ1) is 12.2. The van der Waals surface area contributed by atoms with E-state index >= 15 is 0 Å². The average Bonchev–Trinajstić information content (AvgIpc) is 3.17. The van der Waals surface area contributed by atoms with Gasteiger partial charge in [0, 0.05) is 18.4 Å². The number of hydrogen-bond acceptors (Lipinski definition) is 7. The number of hydrogen-bond donors (Lipinski definition) is 0. The molecule has 26 heavy (non-hydrogen) atoms. The van der Waals surface area contributed by atoms with Crippen LogP contribution in [-0.4, -0.2) is 47.1 Å². The highest BCUT2D eigenvalue weighted by molar-refractivity contribution is 7.15. The van der Waals surface area contributed by atoms with Crippen molar-refractivity contribution in [2.75, 3.05) is 19.8 Å². The van der Waals surface area contributed by atoms with Gasteiger partial charge >= 0.3 is 11.1 Å². The number of nitrogens with zero attached hydrogens (tertiary/aromatic N) is 4. The smallest absolute Gasteiger partial charge is 0.310 e. The Morgan fingerprint density at radius 3 is 2.58 bits per heavy atom. The van der Waals surface area contributed by atoms with Crippen LogP contribution in [-0.2, 0) is 14.9 Å². The molecular formula is C18H32N4O3S. The SMILES string of the molecule is CCCCC(=O)OC1CN(CCCC)C[N+]1([O-])c1nnc(C(C)(C)C)s1. The van der Waals surface area contributed by atoms with Gasteiger partial charge in [0.2, 0.25) is 0 Å². The Morgan fingerprint density at radius 2 is 2.00 bits per heavy atom. The van der Waals surface area contributed by atoms with Gasteiger partial charge in [-0.1, -0.05) is 52.6 Å². The number of rotatable bonds is 8. The van der Waals surface area contributed by atoms with Crippen molar-refractivity contribution < 1.29 is 9.53 Å². The molecule has 1 fully saturated rings. The lowest BCUT2D eigenvalue weighted by atomic mass is 9.98. The minimum absolute atomic E-state index is 0.163. The molecule has 2 rings (SSSR count). The predicted molar refractivity (Wildman–Crippen MR) is 105 cm³/mol. The Kier molecular flexibility index (Phi) is 7.12. The Bertz CT molecular complexity index is 602. The molecule has 2 atom stereocenters. The van der Waals surface area contributed by atoms with E-state index in [0.29, 0.717) is 18.1 Å². The number of carbonyl (C=O) groups is 1. The summed E-state index contributed by atoms with van der Waals surface area (Å²) in [5.41, 5.74) is -0.163. The monoisotopic (exact) mass is 384 g/mol. The van der Waals surface area contributed by atoms with E-state index in [9.17, 15) is 10.0 Å². The maximum absolute atomic E-state index is 13.7. The van der Waals surface area contributed by atoms with Crippen molar-refractivity contribution in [3.63, 3.8) is 0 Å². The molecule has 8 heteroatoms. The second-order valence-electron chi connectivity index (χ2n) is 8.06. The van der Waals surface area contributed by atoms with Gasteiger partial charge in [-0.3, -0.25) is 9.44 Å². The molecule has 0 N–H and O–H groups in total. The molecule has 0 amide bonds. The van der Waals surface area contributed by atoms with Gasteiger partial charge in [0.1, 0.15) is 11.7 Å². The first-order valence-corrected chi connectivity index (χ1v) is 10.4. The van der Waals surface area contributed by atoms with Crippen molar-refractivity contribution in [3.8, 4) is 0 Å². The summed E-state index contributed by atoms with van der Waals surface area (Å²) in [6.07, 6.45) is 3.35. The second kappa shape index (κ2) is 8.73. The van der Waals surface area contributed by atoms with Crippen LogP contribution in [0.1, 0.15) is 71.7 Å². The van der Waals surface area contributed by atoms with E-state index < -0.39 is 10.9 Å². The maximum Gasteiger partial charge on any atom is 0.310 e. The van der Waals surface area contributed by atoms with Crippen LogP contribution in [0, 0.1) is 5.21 Å². The van der Waals surface area contributed by atoms with Gasteiger partial charge in [-0.2, -0.15) is 0 Å². The Morgan fingerprint density at radius 1 is 1.31 bits per heavy atom. The van der Waals surface area contributed by atoms with E-state index in [1.165, 1.54) is 11.3 Å². The summed E-state index contributed by atoms with van der Waals surface area (Å²) in [6.45, 7) is 11.8. The normalized spacial score (nSPS) is 24.2. The number of unbranched alkanes of at least 4 members (excludes halogenated alkanes) is 2. The molecule has 1 aromatic rings. The molecule has 2 unspecified atom stereocenters. The minimum Gasteiger partial charge on any atom is -0.622 e. The molecule has 148 valence electrons. The molecule has 7 nitrogen and oxygen atoms in total. The highest BCUT2D eigenvalue weighted by atomic mass is 32.1. The van der Waals surface area contributed by atoms with Crippen LogP contribution in [0.3, 0.4) is 0 Å². The van der Waals surface area contributed by atoms with Crippen molar-refractivity contribution in [2.45, 2.75) is 78.4 Å². The molecule has 2 heterocycles. The van der Waals surface area contributed by atoms with Crippen LogP contribution in [0.15, 0.2) is 0 Å². The zero-order valence-corrected chi connectivity index (χ0v) is 17.5. The topological polar surface area (TPSA) is 78.4 Å². The predicted octanol–water partition coefficient (Wildman–Crippen LogP) is 3.77. The molecule has 0 aromatic carbocycles. The minimum atomic E-state index is -0.767. The molecular weight excluding hydrogens is 352 g/mol. The molecule has 0 aliphatic carbocycles. The van der Waals surface area contributed by atoms with Crippen LogP contribution in [0.4, 0.5) is 5.13 Å². The number of ether oxygens (including phenoxy) is 1. The third-order valence-corrected chi connectivity index (χ3v) is 5.96. The van der Waals surface area contributed by atoms with Crippen molar-refractivity contribution in [1.29, 1.82) is 0 Å². The lowest BCUT2D eigenvalue weighted by molar-refractivity contribution is -0.153. The fourth-order valence-corrected chi connectivity index (χ4v) is 3.82. The van der Waals surface area contributed by atoms with Crippen LogP contribution in [0.5, 0.6) is 0 Å². The zero-order chi connectivity index (χ0) is 19.4. The fourth-order valence-electron chi connectivity index (χ4n) is 2.85. The molecule has 1 saturated heterocycles. The van der Waals surface area contributed by atoms with E-state index in [1.807, 2.05) is 27.7 Å². The van der Waals surface area contributed by atoms with E-state index in [-0.39, 0.29) is 18.1 Å². The molecule has 1 aromatic heterocycles. The van der Waals surface area contributed by atoms with Crippen LogP contribution < -0.4 is 4.65 Å². The first-order valence-electron chi connectivity index (χ1n) is 9.55. The zero-order valence-electron chi connectivity index (χ0n) is 16.7. The summed E-state index contributed by atoms with van der Waals surface area (Å²) in [4.78, 5) is 14.2.